The van der Waals surface area contributed by atoms with Gasteiger partial charge in [0.05, 0.1) is 13.2 Å². The van der Waals surface area contributed by atoms with Crippen LogP contribution in [-0.4, -0.2) is 17.3 Å². The molecule has 2 N–H and O–H groups in total. The van der Waals surface area contributed by atoms with Crippen LogP contribution in [0.4, 0.5) is 4.39 Å². The summed E-state index contributed by atoms with van der Waals surface area (Å²) in [5.41, 5.74) is 6.36. The van der Waals surface area contributed by atoms with Crippen LogP contribution in [0, 0.1) is 11.2 Å². The largest absolute Gasteiger partial charge is 0.494 e. The van der Waals surface area contributed by atoms with Gasteiger partial charge in [-0.05, 0) is 23.6 Å². The first-order chi connectivity index (χ1) is 9.32. The predicted molar refractivity (Wildman–Crippen MR) is 72.6 cm³/mol. The minimum atomic E-state index is -0.482. The van der Waals surface area contributed by atoms with E-state index in [2.05, 4.69) is 10.1 Å². The van der Waals surface area contributed by atoms with Gasteiger partial charge in [-0.2, -0.15) is 4.98 Å². The molecule has 1 unspecified atom stereocenters. The minimum absolute atomic E-state index is 0.167. The van der Waals surface area contributed by atoms with E-state index < -0.39 is 5.82 Å². The first-order valence-corrected chi connectivity index (χ1v) is 6.26. The number of aromatic nitrogens is 2. The number of hydrogen-bond donors (Lipinski definition) is 1. The van der Waals surface area contributed by atoms with E-state index >= 15 is 0 Å². The summed E-state index contributed by atoms with van der Waals surface area (Å²) in [7, 11) is 1.41. The second kappa shape index (κ2) is 5.20. The maximum absolute atomic E-state index is 13.7. The zero-order chi connectivity index (χ0) is 14.9. The van der Waals surface area contributed by atoms with Gasteiger partial charge in [-0.25, -0.2) is 4.39 Å². The van der Waals surface area contributed by atoms with E-state index in [9.17, 15) is 4.39 Å². The van der Waals surface area contributed by atoms with Crippen LogP contribution < -0.4 is 10.5 Å². The van der Waals surface area contributed by atoms with Crippen LogP contribution in [0.15, 0.2) is 22.7 Å². The number of benzene rings is 1. The second-order valence-corrected chi connectivity index (χ2v) is 5.65. The quantitative estimate of drug-likeness (QED) is 0.935. The van der Waals surface area contributed by atoms with E-state index in [1.165, 1.54) is 19.2 Å². The number of rotatable bonds is 3. The average Bonchev–Trinajstić information content (AvgIpc) is 2.86. The van der Waals surface area contributed by atoms with Gasteiger partial charge in [0.15, 0.2) is 17.4 Å². The second-order valence-electron chi connectivity index (χ2n) is 5.65. The van der Waals surface area contributed by atoms with E-state index in [1.54, 1.807) is 6.07 Å². The van der Waals surface area contributed by atoms with Crippen LogP contribution in [0.5, 0.6) is 5.75 Å². The summed E-state index contributed by atoms with van der Waals surface area (Å²) in [6.07, 6.45) is 0. The van der Waals surface area contributed by atoms with Crippen molar-refractivity contribution in [3.05, 3.63) is 29.8 Å². The molecule has 2 aromatic rings. The summed E-state index contributed by atoms with van der Waals surface area (Å²) in [4.78, 5) is 4.23. The Labute approximate surface area is 116 Å². The summed E-state index contributed by atoms with van der Waals surface area (Å²) >= 11 is 0. The fourth-order valence-electron chi connectivity index (χ4n) is 1.67. The highest BCUT2D eigenvalue weighted by atomic mass is 19.1. The van der Waals surface area contributed by atoms with E-state index in [4.69, 9.17) is 15.0 Å². The lowest BCUT2D eigenvalue weighted by molar-refractivity contribution is 0.303. The molecule has 5 nitrogen and oxygen atoms in total. The summed E-state index contributed by atoms with van der Waals surface area (Å²) in [5, 5.41) is 3.87. The highest BCUT2D eigenvalue weighted by Crippen LogP contribution is 2.30. The van der Waals surface area contributed by atoms with Crippen LogP contribution in [0.25, 0.3) is 11.5 Å². The molecule has 0 saturated heterocycles. The molecule has 0 spiro atoms. The Kier molecular flexibility index (Phi) is 3.76. The van der Waals surface area contributed by atoms with Crippen molar-refractivity contribution in [2.24, 2.45) is 11.1 Å². The molecule has 0 saturated carbocycles. The molecule has 1 heterocycles. The third-order valence-corrected chi connectivity index (χ3v) is 3.05. The van der Waals surface area contributed by atoms with E-state index in [1.807, 2.05) is 20.8 Å². The van der Waals surface area contributed by atoms with Crippen molar-refractivity contribution in [1.29, 1.82) is 0 Å². The van der Waals surface area contributed by atoms with Gasteiger partial charge < -0.3 is 15.0 Å². The molecule has 0 aliphatic rings. The van der Waals surface area contributed by atoms with Crippen molar-refractivity contribution in [2.75, 3.05) is 7.11 Å². The molecule has 6 heteroatoms. The molecular weight excluding hydrogens is 261 g/mol. The molecule has 1 aromatic carbocycles. The van der Waals surface area contributed by atoms with E-state index in [0.717, 1.165) is 0 Å². The lowest BCUT2D eigenvalue weighted by atomic mass is 9.87. The Morgan fingerprint density at radius 3 is 2.60 bits per heavy atom. The van der Waals surface area contributed by atoms with Crippen LogP contribution >= 0.6 is 0 Å². The van der Waals surface area contributed by atoms with Gasteiger partial charge in [0, 0.05) is 5.56 Å². The lowest BCUT2D eigenvalue weighted by Crippen LogP contribution is -2.27. The molecule has 2 rings (SSSR count). The third kappa shape index (κ3) is 2.80. The number of halogens is 1. The first-order valence-electron chi connectivity index (χ1n) is 6.26. The molecule has 0 aliphatic carbocycles. The molecule has 1 atom stereocenters. The molecule has 0 amide bonds. The average molecular weight is 279 g/mol. The standard InChI is InChI=1S/C14H18FN3O2/c1-14(2,3)11(16)12-17-13(20-18-12)8-5-6-10(19-4)9(15)7-8/h5-7,11H,16H2,1-4H3. The van der Waals surface area contributed by atoms with Crippen LogP contribution in [0.3, 0.4) is 0 Å². The van der Waals surface area contributed by atoms with Crippen molar-refractivity contribution < 1.29 is 13.7 Å². The van der Waals surface area contributed by atoms with E-state index in [0.29, 0.717) is 11.4 Å². The van der Waals surface area contributed by atoms with Crippen molar-refractivity contribution >= 4 is 0 Å². The molecule has 108 valence electrons. The van der Waals surface area contributed by atoms with Crippen molar-refractivity contribution in [1.82, 2.24) is 10.1 Å². The summed E-state index contributed by atoms with van der Waals surface area (Å²) in [6.45, 7) is 5.96. The molecular formula is C14H18FN3O2. The third-order valence-electron chi connectivity index (χ3n) is 3.05. The summed E-state index contributed by atoms with van der Waals surface area (Å²) < 4.78 is 23.7. The Morgan fingerprint density at radius 2 is 2.05 bits per heavy atom. The van der Waals surface area contributed by atoms with Gasteiger partial charge in [-0.3, -0.25) is 0 Å². The van der Waals surface area contributed by atoms with E-state index in [-0.39, 0.29) is 23.1 Å². The Balaban J connectivity index is 2.31. The number of hydrogen-bond acceptors (Lipinski definition) is 5. The minimum Gasteiger partial charge on any atom is -0.494 e. The number of ether oxygens (including phenoxy) is 1. The number of nitrogens with two attached hydrogens (primary N) is 1. The van der Waals surface area contributed by atoms with Crippen LogP contribution in [0.1, 0.15) is 32.6 Å². The monoisotopic (exact) mass is 279 g/mol. The van der Waals surface area contributed by atoms with Gasteiger partial charge in [-0.1, -0.05) is 25.9 Å². The van der Waals surface area contributed by atoms with Crippen molar-refractivity contribution in [3.63, 3.8) is 0 Å². The maximum Gasteiger partial charge on any atom is 0.258 e. The number of nitrogens with zero attached hydrogens (tertiary/aromatic N) is 2. The smallest absolute Gasteiger partial charge is 0.258 e. The number of methoxy groups -OCH3 is 1. The maximum atomic E-state index is 13.7. The van der Waals surface area contributed by atoms with Crippen molar-refractivity contribution in [3.8, 4) is 17.2 Å². The molecule has 0 radical (unpaired) electrons. The first kappa shape index (κ1) is 14.5. The Hall–Kier alpha value is -1.95. The van der Waals surface area contributed by atoms with Gasteiger partial charge >= 0.3 is 0 Å². The van der Waals surface area contributed by atoms with Gasteiger partial charge in [-0.15, -0.1) is 0 Å². The van der Waals surface area contributed by atoms with Crippen LogP contribution in [-0.2, 0) is 0 Å². The molecule has 0 fully saturated rings. The van der Waals surface area contributed by atoms with Gasteiger partial charge in [0.25, 0.3) is 5.89 Å². The highest BCUT2D eigenvalue weighted by molar-refractivity contribution is 5.54. The Bertz CT molecular complexity index is 605. The fraction of sp³-hybridized carbons (Fsp3) is 0.429. The Morgan fingerprint density at radius 1 is 1.35 bits per heavy atom. The highest BCUT2D eigenvalue weighted by Gasteiger charge is 2.27. The molecule has 0 aliphatic heterocycles. The van der Waals surface area contributed by atoms with Crippen LogP contribution in [0.2, 0.25) is 0 Å². The topological polar surface area (TPSA) is 74.2 Å². The summed E-state index contributed by atoms with van der Waals surface area (Å²) in [5.74, 6) is 0.328. The van der Waals surface area contributed by atoms with Gasteiger partial charge in [0.2, 0.25) is 0 Å². The molecule has 0 bridgehead atoms. The molecule has 20 heavy (non-hydrogen) atoms. The summed E-state index contributed by atoms with van der Waals surface area (Å²) in [6, 6.07) is 4.10. The van der Waals surface area contributed by atoms with Crippen molar-refractivity contribution in [2.45, 2.75) is 26.8 Å². The SMILES string of the molecule is COc1ccc(-c2nc(C(N)C(C)(C)C)no2)cc1F. The fourth-order valence-corrected chi connectivity index (χ4v) is 1.67. The van der Waals surface area contributed by atoms with Gasteiger partial charge in [0.1, 0.15) is 0 Å². The lowest BCUT2D eigenvalue weighted by Gasteiger charge is -2.23. The zero-order valence-corrected chi connectivity index (χ0v) is 12.0. The predicted octanol–water partition coefficient (Wildman–Crippen LogP) is 2.93. The normalized spacial score (nSPS) is 13.3. The zero-order valence-electron chi connectivity index (χ0n) is 12.0. The molecule has 1 aromatic heterocycles.